The smallest absolute Gasteiger partial charge is 0.138 e. The van der Waals surface area contributed by atoms with Crippen molar-refractivity contribution in [2.45, 2.75) is 13.5 Å². The minimum Gasteiger partial charge on any atom is -0.497 e. The van der Waals surface area contributed by atoms with E-state index in [-0.39, 0.29) is 0 Å². The number of hydrogen-bond donors (Lipinski definition) is 0. The Morgan fingerprint density at radius 3 is 2.72 bits per heavy atom. The molecule has 0 amide bonds. The second kappa shape index (κ2) is 5.74. The van der Waals surface area contributed by atoms with Crippen LogP contribution in [0.15, 0.2) is 36.4 Å². The molecule has 0 spiro atoms. The van der Waals surface area contributed by atoms with Gasteiger partial charge in [-0.3, -0.25) is 4.98 Å². The summed E-state index contributed by atoms with van der Waals surface area (Å²) >= 11 is 6.01. The van der Waals surface area contributed by atoms with E-state index in [0.717, 1.165) is 17.1 Å². The summed E-state index contributed by atoms with van der Waals surface area (Å²) in [5.41, 5.74) is 1.71. The van der Waals surface area contributed by atoms with Crippen LogP contribution in [0.5, 0.6) is 11.5 Å². The first-order valence-corrected chi connectivity index (χ1v) is 5.95. The summed E-state index contributed by atoms with van der Waals surface area (Å²) in [6.45, 7) is 2.28. The van der Waals surface area contributed by atoms with E-state index in [4.69, 9.17) is 21.1 Å². The predicted molar refractivity (Wildman–Crippen MR) is 71.3 cm³/mol. The summed E-state index contributed by atoms with van der Waals surface area (Å²) in [7, 11) is 1.63. The summed E-state index contributed by atoms with van der Waals surface area (Å²) in [5.74, 6) is 1.43. The van der Waals surface area contributed by atoms with Crippen LogP contribution in [-0.2, 0) is 6.61 Å². The number of aryl methyl sites for hydroxylation is 1. The zero-order valence-corrected chi connectivity index (χ0v) is 11.1. The molecular weight excluding hydrogens is 250 g/mol. The van der Waals surface area contributed by atoms with E-state index >= 15 is 0 Å². The minimum absolute atomic E-state index is 0.363. The van der Waals surface area contributed by atoms with Gasteiger partial charge in [-0.05, 0) is 19.1 Å². The molecule has 0 fully saturated rings. The van der Waals surface area contributed by atoms with E-state index in [1.807, 2.05) is 37.3 Å². The molecule has 0 unspecified atom stereocenters. The van der Waals surface area contributed by atoms with Gasteiger partial charge < -0.3 is 9.47 Å². The lowest BCUT2D eigenvalue weighted by atomic mass is 10.3. The van der Waals surface area contributed by atoms with E-state index < -0.39 is 0 Å². The quantitative estimate of drug-likeness (QED) is 0.844. The Morgan fingerprint density at radius 1 is 1.22 bits per heavy atom. The van der Waals surface area contributed by atoms with Crippen LogP contribution in [0.25, 0.3) is 0 Å². The molecule has 0 aliphatic carbocycles. The summed E-state index contributed by atoms with van der Waals surface area (Å²) in [5, 5.41) is 0.595. The molecule has 0 aliphatic rings. The SMILES string of the molecule is COc1cc(C)nc(COc2ccccc2Cl)c1. The Morgan fingerprint density at radius 2 is 2.00 bits per heavy atom. The Balaban J connectivity index is 2.11. The highest BCUT2D eigenvalue weighted by Crippen LogP contribution is 2.24. The van der Waals surface area contributed by atoms with Gasteiger partial charge >= 0.3 is 0 Å². The van der Waals surface area contributed by atoms with Crippen molar-refractivity contribution in [3.63, 3.8) is 0 Å². The Hall–Kier alpha value is -1.74. The molecule has 0 aliphatic heterocycles. The molecule has 94 valence electrons. The first-order chi connectivity index (χ1) is 8.69. The molecule has 4 heteroatoms. The van der Waals surface area contributed by atoms with Crippen LogP contribution in [-0.4, -0.2) is 12.1 Å². The van der Waals surface area contributed by atoms with Crippen molar-refractivity contribution in [3.05, 3.63) is 52.8 Å². The number of pyridine rings is 1. The van der Waals surface area contributed by atoms with Crippen LogP contribution in [0.3, 0.4) is 0 Å². The van der Waals surface area contributed by atoms with Crippen molar-refractivity contribution < 1.29 is 9.47 Å². The van der Waals surface area contributed by atoms with E-state index in [0.29, 0.717) is 17.4 Å². The first-order valence-electron chi connectivity index (χ1n) is 5.58. The fourth-order valence-electron chi connectivity index (χ4n) is 1.61. The molecule has 0 N–H and O–H groups in total. The summed E-state index contributed by atoms with van der Waals surface area (Å²) in [4.78, 5) is 4.38. The average molecular weight is 264 g/mol. The van der Waals surface area contributed by atoms with Crippen molar-refractivity contribution >= 4 is 11.6 Å². The molecule has 0 atom stereocenters. The molecule has 2 aromatic rings. The van der Waals surface area contributed by atoms with Crippen LogP contribution in [0.2, 0.25) is 5.02 Å². The number of rotatable bonds is 4. The van der Waals surface area contributed by atoms with Gasteiger partial charge in [0.25, 0.3) is 0 Å². The fraction of sp³-hybridized carbons (Fsp3) is 0.214. The predicted octanol–water partition coefficient (Wildman–Crippen LogP) is 3.63. The molecule has 1 heterocycles. The number of benzene rings is 1. The first kappa shape index (κ1) is 12.7. The lowest BCUT2D eigenvalue weighted by Gasteiger charge is -2.09. The molecule has 2 rings (SSSR count). The highest BCUT2D eigenvalue weighted by atomic mass is 35.5. The molecule has 1 aromatic carbocycles. The van der Waals surface area contributed by atoms with Gasteiger partial charge in [-0.1, -0.05) is 23.7 Å². The van der Waals surface area contributed by atoms with E-state index in [1.165, 1.54) is 0 Å². The van der Waals surface area contributed by atoms with Crippen molar-refractivity contribution in [1.82, 2.24) is 4.98 Å². The standard InChI is InChI=1S/C14H14ClNO2/c1-10-7-12(17-2)8-11(16-10)9-18-14-6-4-3-5-13(14)15/h3-8H,9H2,1-2H3. The van der Waals surface area contributed by atoms with Crippen LogP contribution < -0.4 is 9.47 Å². The molecule has 18 heavy (non-hydrogen) atoms. The molecule has 0 saturated carbocycles. The van der Waals surface area contributed by atoms with Crippen LogP contribution in [0.4, 0.5) is 0 Å². The lowest BCUT2D eigenvalue weighted by Crippen LogP contribution is -2.00. The monoisotopic (exact) mass is 263 g/mol. The Labute approximate surface area is 111 Å². The highest BCUT2D eigenvalue weighted by molar-refractivity contribution is 6.32. The van der Waals surface area contributed by atoms with Gasteiger partial charge in [-0.15, -0.1) is 0 Å². The fourth-order valence-corrected chi connectivity index (χ4v) is 1.80. The number of methoxy groups -OCH3 is 1. The third-order valence-corrected chi connectivity index (χ3v) is 2.74. The zero-order chi connectivity index (χ0) is 13.0. The van der Waals surface area contributed by atoms with E-state index in [9.17, 15) is 0 Å². The van der Waals surface area contributed by atoms with Crippen molar-refractivity contribution in [2.75, 3.05) is 7.11 Å². The highest BCUT2D eigenvalue weighted by Gasteiger charge is 2.04. The topological polar surface area (TPSA) is 31.4 Å². The molecule has 0 radical (unpaired) electrons. The van der Waals surface area contributed by atoms with Gasteiger partial charge in [0.2, 0.25) is 0 Å². The van der Waals surface area contributed by atoms with Gasteiger partial charge in [-0.2, -0.15) is 0 Å². The van der Waals surface area contributed by atoms with Crippen molar-refractivity contribution in [2.24, 2.45) is 0 Å². The van der Waals surface area contributed by atoms with E-state index in [2.05, 4.69) is 4.98 Å². The summed E-state index contributed by atoms with van der Waals surface area (Å²) in [6, 6.07) is 11.1. The third-order valence-electron chi connectivity index (χ3n) is 2.43. The molecule has 3 nitrogen and oxygen atoms in total. The van der Waals surface area contributed by atoms with Crippen molar-refractivity contribution in [1.29, 1.82) is 0 Å². The lowest BCUT2D eigenvalue weighted by molar-refractivity contribution is 0.300. The van der Waals surface area contributed by atoms with E-state index in [1.54, 1.807) is 13.2 Å². The van der Waals surface area contributed by atoms with Crippen LogP contribution in [0, 0.1) is 6.92 Å². The van der Waals surface area contributed by atoms with Gasteiger partial charge in [0.1, 0.15) is 18.1 Å². The second-order valence-electron chi connectivity index (χ2n) is 3.86. The van der Waals surface area contributed by atoms with Gasteiger partial charge in [0, 0.05) is 17.8 Å². The summed E-state index contributed by atoms with van der Waals surface area (Å²) in [6.07, 6.45) is 0. The third kappa shape index (κ3) is 3.14. The van der Waals surface area contributed by atoms with Crippen LogP contribution >= 0.6 is 11.6 Å². The molecule has 1 aromatic heterocycles. The molecule has 0 saturated heterocycles. The van der Waals surface area contributed by atoms with Crippen LogP contribution in [0.1, 0.15) is 11.4 Å². The van der Waals surface area contributed by atoms with Crippen molar-refractivity contribution in [3.8, 4) is 11.5 Å². The number of aromatic nitrogens is 1. The Kier molecular flexibility index (Phi) is 4.05. The van der Waals surface area contributed by atoms with Gasteiger partial charge in [0.15, 0.2) is 0 Å². The number of halogens is 1. The maximum absolute atomic E-state index is 6.01. The minimum atomic E-state index is 0.363. The molecular formula is C14H14ClNO2. The summed E-state index contributed by atoms with van der Waals surface area (Å²) < 4.78 is 10.8. The maximum atomic E-state index is 6.01. The number of hydrogen-bond acceptors (Lipinski definition) is 3. The molecule has 0 bridgehead atoms. The number of para-hydroxylation sites is 1. The van der Waals surface area contributed by atoms with Gasteiger partial charge in [-0.25, -0.2) is 0 Å². The number of nitrogens with zero attached hydrogens (tertiary/aromatic N) is 1. The number of ether oxygens (including phenoxy) is 2. The van der Waals surface area contributed by atoms with Gasteiger partial charge in [0.05, 0.1) is 17.8 Å². The Bertz CT molecular complexity index is 543. The maximum Gasteiger partial charge on any atom is 0.138 e. The average Bonchev–Trinajstić information content (AvgIpc) is 2.37. The largest absolute Gasteiger partial charge is 0.497 e. The normalized spacial score (nSPS) is 10.2. The zero-order valence-electron chi connectivity index (χ0n) is 10.3. The second-order valence-corrected chi connectivity index (χ2v) is 4.27.